The molecule has 0 unspecified atom stereocenters. The van der Waals surface area contributed by atoms with E-state index in [-0.39, 0.29) is 24.9 Å². The molecule has 6 nitrogen and oxygen atoms in total. The maximum absolute atomic E-state index is 13.1. The van der Waals surface area contributed by atoms with Crippen molar-refractivity contribution in [1.82, 2.24) is 5.32 Å². The second kappa shape index (κ2) is 9.29. The van der Waals surface area contributed by atoms with Gasteiger partial charge in [-0.05, 0) is 73.3 Å². The first kappa shape index (κ1) is 21.1. The van der Waals surface area contributed by atoms with Crippen LogP contribution in [0.25, 0.3) is 0 Å². The van der Waals surface area contributed by atoms with Crippen LogP contribution in [-0.4, -0.2) is 43.3 Å². The Labute approximate surface area is 176 Å². The van der Waals surface area contributed by atoms with Crippen molar-refractivity contribution in [1.29, 1.82) is 0 Å². The molecule has 0 bridgehead atoms. The third-order valence-electron chi connectivity index (χ3n) is 5.50. The van der Waals surface area contributed by atoms with Crippen molar-refractivity contribution in [3.8, 4) is 0 Å². The number of nitrogens with one attached hydrogen (secondary N) is 1. The van der Waals surface area contributed by atoms with Crippen molar-refractivity contribution >= 4 is 35.8 Å². The summed E-state index contributed by atoms with van der Waals surface area (Å²) in [5.74, 6) is -0.813. The molecule has 0 spiro atoms. The van der Waals surface area contributed by atoms with Crippen molar-refractivity contribution in [2.75, 3.05) is 36.0 Å². The number of rotatable bonds is 5. The lowest BCUT2D eigenvalue weighted by Crippen LogP contribution is -2.31. The quantitative estimate of drug-likeness (QED) is 0.786. The molecule has 0 radical (unpaired) electrons. The van der Waals surface area contributed by atoms with E-state index < -0.39 is 5.97 Å². The van der Waals surface area contributed by atoms with Crippen molar-refractivity contribution in [2.45, 2.75) is 25.7 Å². The molecule has 2 amide bonds. The molecule has 2 aromatic carbocycles. The first-order chi connectivity index (χ1) is 13.6. The summed E-state index contributed by atoms with van der Waals surface area (Å²) in [6, 6.07) is 14.0. The van der Waals surface area contributed by atoms with Gasteiger partial charge in [-0.1, -0.05) is 18.2 Å². The monoisotopic (exact) mass is 415 g/mol. The molecule has 154 valence electrons. The molecule has 2 aromatic rings. The molecule has 4 rings (SSSR count). The standard InChI is InChI=1S/C22H25N3O3.ClH/c26-21(27)7-4-16-2-1-3-19(14-16)24-12-13-25(22(24)28)20-6-5-17-8-10-23-11-9-18(17)15-20;/h1-3,5-6,14-15,23H,4,7-13H2,(H,26,27);1H. The van der Waals surface area contributed by atoms with Gasteiger partial charge >= 0.3 is 12.0 Å². The number of benzene rings is 2. The number of carboxylic acids is 1. The Morgan fingerprint density at radius 3 is 2.38 bits per heavy atom. The third-order valence-corrected chi connectivity index (χ3v) is 5.50. The number of hydrogen-bond donors (Lipinski definition) is 2. The van der Waals surface area contributed by atoms with Crippen LogP contribution in [0.4, 0.5) is 16.2 Å². The highest BCUT2D eigenvalue weighted by molar-refractivity contribution is 6.06. The number of aryl methyl sites for hydroxylation is 1. The van der Waals surface area contributed by atoms with E-state index in [1.54, 1.807) is 4.90 Å². The van der Waals surface area contributed by atoms with Gasteiger partial charge in [0.2, 0.25) is 0 Å². The maximum Gasteiger partial charge on any atom is 0.329 e. The predicted octanol–water partition coefficient (Wildman–Crippen LogP) is 3.26. The molecule has 0 aromatic heterocycles. The number of amides is 2. The van der Waals surface area contributed by atoms with Crippen molar-refractivity contribution < 1.29 is 14.7 Å². The summed E-state index contributed by atoms with van der Waals surface area (Å²) >= 11 is 0. The molecule has 2 aliphatic rings. The molecule has 0 saturated carbocycles. The van der Waals surface area contributed by atoms with Gasteiger partial charge in [-0.2, -0.15) is 0 Å². The number of carboxylic acid groups (broad SMARTS) is 1. The average Bonchev–Trinajstić information content (AvgIpc) is 2.93. The lowest BCUT2D eigenvalue weighted by Gasteiger charge is -2.20. The van der Waals surface area contributed by atoms with Crippen LogP contribution in [0.15, 0.2) is 42.5 Å². The van der Waals surface area contributed by atoms with Gasteiger partial charge in [0.25, 0.3) is 0 Å². The number of anilines is 2. The number of urea groups is 1. The van der Waals surface area contributed by atoms with E-state index in [4.69, 9.17) is 5.11 Å². The van der Waals surface area contributed by atoms with Gasteiger partial charge in [0.05, 0.1) is 0 Å². The summed E-state index contributed by atoms with van der Waals surface area (Å²) in [5, 5.41) is 12.3. The van der Waals surface area contributed by atoms with Gasteiger partial charge < -0.3 is 10.4 Å². The van der Waals surface area contributed by atoms with Gasteiger partial charge in [0.15, 0.2) is 0 Å². The van der Waals surface area contributed by atoms with E-state index in [0.717, 1.165) is 42.9 Å². The smallest absolute Gasteiger partial charge is 0.329 e. The van der Waals surface area contributed by atoms with Crippen LogP contribution in [0.5, 0.6) is 0 Å². The Kier molecular flexibility index (Phi) is 6.77. The Hall–Kier alpha value is -2.57. The number of hydrogen-bond acceptors (Lipinski definition) is 3. The van der Waals surface area contributed by atoms with Crippen LogP contribution >= 0.6 is 12.4 Å². The zero-order valence-corrected chi connectivity index (χ0v) is 17.1. The van der Waals surface area contributed by atoms with Gasteiger partial charge in [-0.25, -0.2) is 4.79 Å². The largest absolute Gasteiger partial charge is 0.481 e. The minimum atomic E-state index is -0.813. The van der Waals surface area contributed by atoms with E-state index in [9.17, 15) is 9.59 Å². The van der Waals surface area contributed by atoms with E-state index in [1.807, 2.05) is 29.2 Å². The highest BCUT2D eigenvalue weighted by Gasteiger charge is 2.31. The van der Waals surface area contributed by atoms with Crippen LogP contribution in [0.2, 0.25) is 0 Å². The molecule has 29 heavy (non-hydrogen) atoms. The minimum Gasteiger partial charge on any atom is -0.481 e. The zero-order chi connectivity index (χ0) is 19.5. The highest BCUT2D eigenvalue weighted by Crippen LogP contribution is 2.28. The van der Waals surface area contributed by atoms with Crippen molar-refractivity contribution in [2.24, 2.45) is 0 Å². The molecule has 2 heterocycles. The molecule has 2 aliphatic heterocycles. The molecule has 1 fully saturated rings. The topological polar surface area (TPSA) is 72.9 Å². The molecule has 0 aliphatic carbocycles. The number of aliphatic carboxylic acids is 1. The van der Waals surface area contributed by atoms with E-state index >= 15 is 0 Å². The summed E-state index contributed by atoms with van der Waals surface area (Å²) in [5.41, 5.74) is 5.40. The third kappa shape index (κ3) is 4.71. The normalized spacial score (nSPS) is 16.2. The van der Waals surface area contributed by atoms with E-state index in [2.05, 4.69) is 23.5 Å². The van der Waals surface area contributed by atoms with Gasteiger partial charge in [-0.3, -0.25) is 14.6 Å². The van der Waals surface area contributed by atoms with Crippen LogP contribution in [0.1, 0.15) is 23.1 Å². The van der Waals surface area contributed by atoms with Crippen LogP contribution < -0.4 is 15.1 Å². The molecular formula is C22H26ClN3O3. The SMILES string of the molecule is Cl.O=C(O)CCc1cccc(N2CCN(c3ccc4c(c3)CCNCC4)C2=O)c1. The number of carbonyl (C=O) groups is 2. The molecule has 2 N–H and O–H groups in total. The van der Waals surface area contributed by atoms with Crippen molar-refractivity contribution in [3.63, 3.8) is 0 Å². The lowest BCUT2D eigenvalue weighted by molar-refractivity contribution is -0.136. The summed E-state index contributed by atoms with van der Waals surface area (Å²) in [7, 11) is 0. The second-order valence-electron chi connectivity index (χ2n) is 7.35. The summed E-state index contributed by atoms with van der Waals surface area (Å²) in [6.07, 6.45) is 2.57. The van der Waals surface area contributed by atoms with E-state index in [0.29, 0.717) is 19.5 Å². The fourth-order valence-corrected chi connectivity index (χ4v) is 3.98. The second-order valence-corrected chi connectivity index (χ2v) is 7.35. The van der Waals surface area contributed by atoms with Crippen LogP contribution in [-0.2, 0) is 24.1 Å². The van der Waals surface area contributed by atoms with E-state index in [1.165, 1.54) is 11.1 Å². The molecule has 7 heteroatoms. The lowest BCUT2D eigenvalue weighted by atomic mass is 10.0. The maximum atomic E-state index is 13.1. The zero-order valence-electron chi connectivity index (χ0n) is 16.3. The van der Waals surface area contributed by atoms with Gasteiger partial charge in [0, 0.05) is 30.9 Å². The molecular weight excluding hydrogens is 390 g/mol. The van der Waals surface area contributed by atoms with Crippen molar-refractivity contribution in [3.05, 3.63) is 59.2 Å². The van der Waals surface area contributed by atoms with Gasteiger partial charge in [-0.15, -0.1) is 12.4 Å². The van der Waals surface area contributed by atoms with Gasteiger partial charge in [0.1, 0.15) is 0 Å². The Balaban J connectivity index is 0.00000240. The molecule has 0 atom stereocenters. The number of nitrogens with zero attached hydrogens (tertiary/aromatic N) is 2. The number of carbonyl (C=O) groups excluding carboxylic acids is 1. The fraction of sp³-hybridized carbons (Fsp3) is 0.364. The first-order valence-corrected chi connectivity index (χ1v) is 9.84. The minimum absolute atomic E-state index is 0. The Morgan fingerprint density at radius 2 is 1.66 bits per heavy atom. The van der Waals surface area contributed by atoms with Crippen LogP contribution in [0, 0.1) is 0 Å². The Bertz CT molecular complexity index is 903. The number of halogens is 1. The molecule has 1 saturated heterocycles. The summed E-state index contributed by atoms with van der Waals surface area (Å²) < 4.78 is 0. The average molecular weight is 416 g/mol. The Morgan fingerprint density at radius 1 is 0.966 bits per heavy atom. The first-order valence-electron chi connectivity index (χ1n) is 9.84. The number of fused-ring (bicyclic) bond motifs is 1. The summed E-state index contributed by atoms with van der Waals surface area (Å²) in [6.45, 7) is 3.25. The highest BCUT2D eigenvalue weighted by atomic mass is 35.5. The predicted molar refractivity (Wildman–Crippen MR) is 116 cm³/mol. The fourth-order valence-electron chi connectivity index (χ4n) is 3.98. The summed E-state index contributed by atoms with van der Waals surface area (Å²) in [4.78, 5) is 27.5. The van der Waals surface area contributed by atoms with Crippen LogP contribution in [0.3, 0.4) is 0 Å².